The van der Waals surface area contributed by atoms with Gasteiger partial charge < -0.3 is 5.73 Å². The number of hydrogen-bond donors (Lipinski definition) is 2. The maximum atomic E-state index is 11.9. The van der Waals surface area contributed by atoms with E-state index >= 15 is 0 Å². The molecule has 0 saturated heterocycles. The van der Waals surface area contributed by atoms with E-state index in [9.17, 15) is 4.79 Å². The van der Waals surface area contributed by atoms with Gasteiger partial charge in [-0.1, -0.05) is 30.3 Å². The fourth-order valence-electron chi connectivity index (χ4n) is 1.73. The maximum Gasteiger partial charge on any atom is 0.243 e. The summed E-state index contributed by atoms with van der Waals surface area (Å²) in [5.74, 6) is 1.37. The third kappa shape index (κ3) is 5.11. The predicted octanol–water partition coefficient (Wildman–Crippen LogP) is 2.15. The molecular weight excluding hydrogens is 304 g/mol. The first-order valence-electron chi connectivity index (χ1n) is 6.61. The lowest BCUT2D eigenvalue weighted by atomic mass is 10.1. The zero-order valence-corrected chi connectivity index (χ0v) is 13.4. The zero-order chi connectivity index (χ0) is 15.1. The molecule has 1 heterocycles. The smallest absolute Gasteiger partial charge is 0.243 e. The fraction of sp³-hybridized carbons (Fsp3) is 0.357. The lowest BCUT2D eigenvalue weighted by molar-refractivity contribution is -0.117. The average molecular weight is 322 g/mol. The van der Waals surface area contributed by atoms with Gasteiger partial charge in [0.2, 0.25) is 11.0 Å². The van der Waals surface area contributed by atoms with Crippen molar-refractivity contribution in [1.29, 1.82) is 0 Å². The third-order valence-electron chi connectivity index (χ3n) is 2.87. The number of benzene rings is 1. The summed E-state index contributed by atoms with van der Waals surface area (Å²) < 4.78 is 4.26. The van der Waals surface area contributed by atoms with Gasteiger partial charge in [0.15, 0.2) is 0 Å². The largest absolute Gasteiger partial charge is 0.320 e. The molecular formula is C14H18N4OS2. The lowest BCUT2D eigenvalue weighted by Gasteiger charge is -2.08. The number of carbonyl (C=O) groups is 1. The fourth-order valence-corrected chi connectivity index (χ4v) is 2.81. The van der Waals surface area contributed by atoms with Crippen LogP contribution in [0.3, 0.4) is 0 Å². The van der Waals surface area contributed by atoms with E-state index in [1.807, 2.05) is 36.6 Å². The number of nitrogens with zero attached hydrogens (tertiary/aromatic N) is 2. The average Bonchev–Trinajstić information content (AvgIpc) is 2.92. The summed E-state index contributed by atoms with van der Waals surface area (Å²) in [4.78, 5) is 16.2. The van der Waals surface area contributed by atoms with E-state index < -0.39 is 6.04 Å². The van der Waals surface area contributed by atoms with Crippen molar-refractivity contribution < 1.29 is 4.79 Å². The monoisotopic (exact) mass is 322 g/mol. The molecule has 112 valence electrons. The van der Waals surface area contributed by atoms with Crippen LogP contribution in [-0.2, 0) is 11.2 Å². The van der Waals surface area contributed by atoms with Crippen LogP contribution in [0.2, 0.25) is 0 Å². The molecule has 7 heteroatoms. The van der Waals surface area contributed by atoms with Gasteiger partial charge in [-0.2, -0.15) is 16.1 Å². The summed E-state index contributed by atoms with van der Waals surface area (Å²) in [5, 5.41) is 3.23. The van der Waals surface area contributed by atoms with Gasteiger partial charge in [0.1, 0.15) is 5.82 Å². The Morgan fingerprint density at radius 1 is 1.43 bits per heavy atom. The van der Waals surface area contributed by atoms with E-state index in [0.29, 0.717) is 23.8 Å². The van der Waals surface area contributed by atoms with Crippen molar-refractivity contribution in [2.24, 2.45) is 5.73 Å². The van der Waals surface area contributed by atoms with Crippen LogP contribution in [0, 0.1) is 0 Å². The van der Waals surface area contributed by atoms with Crippen LogP contribution in [-0.4, -0.2) is 33.3 Å². The Labute approximate surface area is 132 Å². The minimum atomic E-state index is -0.501. The van der Waals surface area contributed by atoms with E-state index in [1.54, 1.807) is 11.8 Å². The number of amides is 1. The zero-order valence-electron chi connectivity index (χ0n) is 11.8. The highest BCUT2D eigenvalue weighted by Gasteiger charge is 2.15. The van der Waals surface area contributed by atoms with Crippen molar-refractivity contribution >= 4 is 34.3 Å². The van der Waals surface area contributed by atoms with Crippen LogP contribution in [0.4, 0.5) is 5.13 Å². The standard InChI is InChI=1S/C14H18N4OS2/c1-20-8-7-11(15)13(19)17-14-16-12(18-21-14)9-10-5-3-2-4-6-10/h2-6,11H,7-9,15H2,1H3,(H,16,17,18,19)/t11-/m1/s1. The molecule has 1 amide bonds. The summed E-state index contributed by atoms with van der Waals surface area (Å²) in [7, 11) is 0. The number of nitrogens with two attached hydrogens (primary N) is 1. The number of hydrogen-bond acceptors (Lipinski definition) is 6. The Bertz CT molecular complexity index is 573. The predicted molar refractivity (Wildman–Crippen MR) is 88.8 cm³/mol. The molecule has 0 saturated carbocycles. The Kier molecular flexibility index (Phi) is 6.16. The first-order chi connectivity index (χ1) is 10.2. The minimum Gasteiger partial charge on any atom is -0.320 e. The van der Waals surface area contributed by atoms with Gasteiger partial charge in [0.25, 0.3) is 0 Å². The van der Waals surface area contributed by atoms with Gasteiger partial charge in [0.05, 0.1) is 6.04 Å². The Morgan fingerprint density at radius 2 is 2.19 bits per heavy atom. The summed E-state index contributed by atoms with van der Waals surface area (Å²) >= 11 is 2.86. The van der Waals surface area contributed by atoms with Gasteiger partial charge in [-0.05, 0) is 24.0 Å². The van der Waals surface area contributed by atoms with Crippen molar-refractivity contribution in [2.75, 3.05) is 17.3 Å². The highest BCUT2D eigenvalue weighted by Crippen LogP contribution is 2.14. The Balaban J connectivity index is 1.89. The van der Waals surface area contributed by atoms with Crippen molar-refractivity contribution in [2.45, 2.75) is 18.9 Å². The van der Waals surface area contributed by atoms with E-state index in [4.69, 9.17) is 5.73 Å². The van der Waals surface area contributed by atoms with Crippen LogP contribution >= 0.6 is 23.3 Å². The molecule has 0 aliphatic carbocycles. The summed E-state index contributed by atoms with van der Waals surface area (Å²) in [6.07, 6.45) is 3.31. The van der Waals surface area contributed by atoms with E-state index in [-0.39, 0.29) is 5.91 Å². The van der Waals surface area contributed by atoms with Gasteiger partial charge >= 0.3 is 0 Å². The second-order valence-electron chi connectivity index (χ2n) is 4.56. The molecule has 2 rings (SSSR count). The molecule has 1 aromatic heterocycles. The molecule has 0 bridgehead atoms. The molecule has 0 fully saturated rings. The second kappa shape index (κ2) is 8.11. The van der Waals surface area contributed by atoms with Crippen molar-refractivity contribution in [1.82, 2.24) is 9.36 Å². The molecule has 5 nitrogen and oxygen atoms in total. The van der Waals surface area contributed by atoms with Gasteiger partial charge in [-0.25, -0.2) is 4.98 Å². The van der Waals surface area contributed by atoms with E-state index in [0.717, 1.165) is 11.3 Å². The lowest BCUT2D eigenvalue weighted by Crippen LogP contribution is -2.36. The van der Waals surface area contributed by atoms with Crippen LogP contribution in [0.5, 0.6) is 0 Å². The number of carbonyl (C=O) groups excluding carboxylic acids is 1. The molecule has 1 aromatic carbocycles. The molecule has 21 heavy (non-hydrogen) atoms. The minimum absolute atomic E-state index is 0.202. The van der Waals surface area contributed by atoms with Crippen molar-refractivity contribution in [3.63, 3.8) is 0 Å². The topological polar surface area (TPSA) is 80.9 Å². The number of rotatable bonds is 7. The summed E-state index contributed by atoms with van der Waals surface area (Å²) in [6, 6.07) is 9.48. The maximum absolute atomic E-state index is 11.9. The molecule has 0 aliphatic rings. The van der Waals surface area contributed by atoms with Crippen LogP contribution < -0.4 is 11.1 Å². The normalized spacial score (nSPS) is 12.1. The summed E-state index contributed by atoms with van der Waals surface area (Å²) in [5.41, 5.74) is 6.96. The summed E-state index contributed by atoms with van der Waals surface area (Å²) in [6.45, 7) is 0. The number of aromatic nitrogens is 2. The van der Waals surface area contributed by atoms with Crippen molar-refractivity contribution in [3.05, 3.63) is 41.7 Å². The molecule has 0 unspecified atom stereocenters. The van der Waals surface area contributed by atoms with E-state index in [1.165, 1.54) is 11.5 Å². The Hall–Kier alpha value is -1.44. The highest BCUT2D eigenvalue weighted by molar-refractivity contribution is 7.98. The molecule has 1 atom stereocenters. The van der Waals surface area contributed by atoms with Crippen molar-refractivity contribution in [3.8, 4) is 0 Å². The van der Waals surface area contributed by atoms with E-state index in [2.05, 4.69) is 14.7 Å². The number of nitrogens with one attached hydrogen (secondary N) is 1. The first-order valence-corrected chi connectivity index (χ1v) is 8.77. The number of thioether (sulfide) groups is 1. The molecule has 2 aromatic rings. The molecule has 0 radical (unpaired) electrons. The molecule has 0 spiro atoms. The molecule has 0 aliphatic heterocycles. The van der Waals surface area contributed by atoms with Crippen LogP contribution in [0.25, 0.3) is 0 Å². The first kappa shape index (κ1) is 15.9. The number of anilines is 1. The second-order valence-corrected chi connectivity index (χ2v) is 6.29. The molecule has 3 N–H and O–H groups in total. The van der Waals surface area contributed by atoms with Crippen LogP contribution in [0.1, 0.15) is 17.8 Å². The van der Waals surface area contributed by atoms with Gasteiger partial charge in [-0.3, -0.25) is 10.1 Å². The van der Waals surface area contributed by atoms with Gasteiger partial charge in [-0.15, -0.1) is 0 Å². The SMILES string of the molecule is CSCC[C@@H](N)C(=O)Nc1nc(Cc2ccccc2)ns1. The van der Waals surface area contributed by atoms with Crippen LogP contribution in [0.15, 0.2) is 30.3 Å². The quantitative estimate of drug-likeness (QED) is 0.816. The third-order valence-corrected chi connectivity index (χ3v) is 4.19. The Morgan fingerprint density at radius 3 is 2.90 bits per heavy atom. The van der Waals surface area contributed by atoms with Gasteiger partial charge in [0, 0.05) is 18.0 Å². The highest BCUT2D eigenvalue weighted by atomic mass is 32.2.